The number of ether oxygens (including phenoxy) is 2. The molecule has 1 N–H and O–H groups in total. The molecule has 0 fully saturated rings. The Labute approximate surface area is 172 Å². The highest BCUT2D eigenvalue weighted by Gasteiger charge is 2.14. The second-order valence-corrected chi connectivity index (χ2v) is 7.05. The maximum Gasteiger partial charge on any atom is 0.255 e. The molecule has 29 heavy (non-hydrogen) atoms. The number of amides is 1. The van der Waals surface area contributed by atoms with Gasteiger partial charge in [0, 0.05) is 16.8 Å². The Morgan fingerprint density at radius 2 is 1.72 bits per heavy atom. The van der Waals surface area contributed by atoms with Crippen molar-refractivity contribution in [2.24, 2.45) is 0 Å². The first kappa shape index (κ1) is 20.5. The van der Waals surface area contributed by atoms with Crippen molar-refractivity contribution in [3.8, 4) is 11.5 Å². The third kappa shape index (κ3) is 4.96. The summed E-state index contributed by atoms with van der Waals surface area (Å²) in [4.78, 5) is 12.9. The van der Waals surface area contributed by atoms with Crippen LogP contribution < -0.4 is 14.8 Å². The minimum absolute atomic E-state index is 0.145. The number of hydrogen-bond acceptors (Lipinski definition) is 3. The van der Waals surface area contributed by atoms with Gasteiger partial charge in [-0.15, -0.1) is 0 Å². The van der Waals surface area contributed by atoms with E-state index >= 15 is 0 Å². The zero-order valence-corrected chi connectivity index (χ0v) is 17.4. The van der Waals surface area contributed by atoms with Gasteiger partial charge in [0.25, 0.3) is 5.91 Å². The monoisotopic (exact) mass is 389 g/mol. The van der Waals surface area contributed by atoms with E-state index in [0.29, 0.717) is 17.9 Å². The van der Waals surface area contributed by atoms with Gasteiger partial charge in [-0.05, 0) is 61.7 Å². The van der Waals surface area contributed by atoms with Crippen LogP contribution in [0.5, 0.6) is 11.5 Å². The molecule has 1 amide bonds. The Morgan fingerprint density at radius 1 is 0.966 bits per heavy atom. The summed E-state index contributed by atoms with van der Waals surface area (Å²) in [6, 6.07) is 19.3. The van der Waals surface area contributed by atoms with Crippen LogP contribution in [0.3, 0.4) is 0 Å². The fraction of sp³-hybridized carbons (Fsp3) is 0.240. The fourth-order valence-corrected chi connectivity index (χ4v) is 3.22. The minimum Gasteiger partial charge on any atom is -0.496 e. The van der Waals surface area contributed by atoms with E-state index in [1.807, 2.05) is 62.4 Å². The number of nitrogens with one attached hydrogen (secondary N) is 1. The molecule has 150 valence electrons. The molecule has 0 saturated heterocycles. The molecule has 4 nitrogen and oxygen atoms in total. The molecule has 0 aliphatic carbocycles. The molecule has 0 radical (unpaired) electrons. The van der Waals surface area contributed by atoms with Crippen LogP contribution in [0.1, 0.15) is 39.5 Å². The van der Waals surface area contributed by atoms with Crippen molar-refractivity contribution in [1.29, 1.82) is 0 Å². The Kier molecular flexibility index (Phi) is 6.55. The van der Waals surface area contributed by atoms with E-state index in [-0.39, 0.29) is 5.91 Å². The number of anilines is 1. The first-order valence-electron chi connectivity index (χ1n) is 9.78. The summed E-state index contributed by atoms with van der Waals surface area (Å²) in [6.45, 7) is 6.44. The van der Waals surface area contributed by atoms with E-state index in [1.54, 1.807) is 19.2 Å². The number of carbonyl (C=O) groups excluding carboxylic acids is 1. The van der Waals surface area contributed by atoms with Crippen molar-refractivity contribution < 1.29 is 14.3 Å². The topological polar surface area (TPSA) is 47.6 Å². The lowest BCUT2D eigenvalue weighted by atomic mass is 10.0. The Bertz CT molecular complexity index is 993. The van der Waals surface area contributed by atoms with E-state index in [9.17, 15) is 4.79 Å². The van der Waals surface area contributed by atoms with Gasteiger partial charge in [0.2, 0.25) is 0 Å². The van der Waals surface area contributed by atoms with Gasteiger partial charge in [-0.25, -0.2) is 0 Å². The summed E-state index contributed by atoms with van der Waals surface area (Å²) < 4.78 is 11.3. The average molecular weight is 389 g/mol. The summed E-state index contributed by atoms with van der Waals surface area (Å²) in [6.07, 6.45) is 0.857. The summed E-state index contributed by atoms with van der Waals surface area (Å²) in [7, 11) is 1.62. The molecule has 0 bridgehead atoms. The van der Waals surface area contributed by atoms with E-state index in [2.05, 4.69) is 12.2 Å². The summed E-state index contributed by atoms with van der Waals surface area (Å²) in [5.41, 5.74) is 5.62. The standard InChI is InChI=1S/C25H27NO3/c1-5-19-8-6-7-18(3)24(19)26-25(27)20-11-14-23(28-4)21(15-20)16-29-22-12-9-17(2)10-13-22/h6-15H,5,16H2,1-4H3,(H,26,27). The lowest BCUT2D eigenvalue weighted by Gasteiger charge is -2.15. The molecule has 0 heterocycles. The van der Waals surface area contributed by atoms with Crippen LogP contribution in [0.2, 0.25) is 0 Å². The third-order valence-corrected chi connectivity index (χ3v) is 4.94. The summed E-state index contributed by atoms with van der Waals surface area (Å²) >= 11 is 0. The van der Waals surface area contributed by atoms with Gasteiger partial charge >= 0.3 is 0 Å². The van der Waals surface area contributed by atoms with Gasteiger partial charge in [-0.2, -0.15) is 0 Å². The molecule has 0 atom stereocenters. The number of rotatable bonds is 7. The molecule has 0 saturated carbocycles. The highest BCUT2D eigenvalue weighted by atomic mass is 16.5. The number of benzene rings is 3. The number of methoxy groups -OCH3 is 1. The number of carbonyl (C=O) groups is 1. The molecule has 3 aromatic rings. The van der Waals surface area contributed by atoms with Crippen molar-refractivity contribution >= 4 is 11.6 Å². The van der Waals surface area contributed by atoms with Crippen molar-refractivity contribution in [3.05, 3.63) is 88.5 Å². The lowest BCUT2D eigenvalue weighted by molar-refractivity contribution is 0.102. The highest BCUT2D eigenvalue weighted by Crippen LogP contribution is 2.25. The number of para-hydroxylation sites is 1. The van der Waals surface area contributed by atoms with E-state index in [4.69, 9.17) is 9.47 Å². The second kappa shape index (κ2) is 9.28. The van der Waals surface area contributed by atoms with Crippen molar-refractivity contribution in [1.82, 2.24) is 0 Å². The normalized spacial score (nSPS) is 10.5. The largest absolute Gasteiger partial charge is 0.496 e. The first-order valence-corrected chi connectivity index (χ1v) is 9.78. The Hall–Kier alpha value is -3.27. The van der Waals surface area contributed by atoms with Crippen LogP contribution in [0.15, 0.2) is 60.7 Å². The summed E-state index contributed by atoms with van der Waals surface area (Å²) in [5.74, 6) is 1.33. The molecule has 0 aromatic heterocycles. The molecule has 0 aliphatic rings. The maximum absolute atomic E-state index is 12.9. The molecule has 4 heteroatoms. The van der Waals surface area contributed by atoms with Gasteiger partial charge < -0.3 is 14.8 Å². The highest BCUT2D eigenvalue weighted by molar-refractivity contribution is 6.05. The average Bonchev–Trinajstić information content (AvgIpc) is 2.74. The minimum atomic E-state index is -0.145. The fourth-order valence-electron chi connectivity index (χ4n) is 3.22. The first-order chi connectivity index (χ1) is 14.0. The van der Waals surface area contributed by atoms with Gasteiger partial charge in [-0.3, -0.25) is 4.79 Å². The molecular formula is C25H27NO3. The second-order valence-electron chi connectivity index (χ2n) is 7.05. The quantitative estimate of drug-likeness (QED) is 0.563. The van der Waals surface area contributed by atoms with Gasteiger partial charge in [-0.1, -0.05) is 42.8 Å². The predicted octanol–water partition coefficient (Wildman–Crippen LogP) is 5.71. The molecular weight excluding hydrogens is 362 g/mol. The molecule has 0 aliphatic heterocycles. The van der Waals surface area contributed by atoms with E-state index in [0.717, 1.165) is 34.5 Å². The molecule has 0 spiro atoms. The molecule has 0 unspecified atom stereocenters. The van der Waals surface area contributed by atoms with Crippen molar-refractivity contribution in [3.63, 3.8) is 0 Å². The zero-order chi connectivity index (χ0) is 20.8. The van der Waals surface area contributed by atoms with Crippen LogP contribution in [0, 0.1) is 13.8 Å². The van der Waals surface area contributed by atoms with Crippen LogP contribution >= 0.6 is 0 Å². The number of hydrogen-bond donors (Lipinski definition) is 1. The lowest BCUT2D eigenvalue weighted by Crippen LogP contribution is -2.15. The zero-order valence-electron chi connectivity index (χ0n) is 17.4. The third-order valence-electron chi connectivity index (χ3n) is 4.94. The van der Waals surface area contributed by atoms with E-state index < -0.39 is 0 Å². The van der Waals surface area contributed by atoms with Crippen LogP contribution in [-0.4, -0.2) is 13.0 Å². The summed E-state index contributed by atoms with van der Waals surface area (Å²) in [5, 5.41) is 3.07. The Balaban J connectivity index is 1.80. The maximum atomic E-state index is 12.9. The van der Waals surface area contributed by atoms with Crippen LogP contribution in [0.25, 0.3) is 0 Å². The van der Waals surface area contributed by atoms with Gasteiger partial charge in [0.1, 0.15) is 18.1 Å². The van der Waals surface area contributed by atoms with Crippen molar-refractivity contribution in [2.45, 2.75) is 33.8 Å². The predicted molar refractivity (Wildman–Crippen MR) is 117 cm³/mol. The SMILES string of the molecule is CCc1cccc(C)c1NC(=O)c1ccc(OC)c(COc2ccc(C)cc2)c1. The van der Waals surface area contributed by atoms with Gasteiger partial charge in [0.05, 0.1) is 7.11 Å². The van der Waals surface area contributed by atoms with Crippen LogP contribution in [0.4, 0.5) is 5.69 Å². The van der Waals surface area contributed by atoms with E-state index in [1.165, 1.54) is 5.56 Å². The smallest absolute Gasteiger partial charge is 0.255 e. The molecule has 3 rings (SSSR count). The Morgan fingerprint density at radius 3 is 2.41 bits per heavy atom. The van der Waals surface area contributed by atoms with Gasteiger partial charge in [0.15, 0.2) is 0 Å². The van der Waals surface area contributed by atoms with Crippen molar-refractivity contribution in [2.75, 3.05) is 12.4 Å². The molecule has 3 aromatic carbocycles. The number of aryl methyl sites for hydroxylation is 3. The van der Waals surface area contributed by atoms with Crippen LogP contribution in [-0.2, 0) is 13.0 Å².